The van der Waals surface area contributed by atoms with Gasteiger partial charge in [0.05, 0.1) is 6.10 Å². The van der Waals surface area contributed by atoms with Crippen LogP contribution < -0.4 is 21.5 Å². The third-order valence-corrected chi connectivity index (χ3v) is 3.42. The molecule has 1 amide bonds. The molecule has 0 aliphatic heterocycles. The van der Waals surface area contributed by atoms with E-state index in [1.165, 1.54) is 0 Å². The maximum absolute atomic E-state index is 11.4. The highest BCUT2D eigenvalue weighted by Gasteiger charge is 2.17. The monoisotopic (exact) mass is 307 g/mol. The van der Waals surface area contributed by atoms with Crippen molar-refractivity contribution < 1.29 is 9.53 Å². The molecule has 0 saturated carbocycles. The van der Waals surface area contributed by atoms with Crippen molar-refractivity contribution >= 4 is 28.3 Å². The molecule has 8 heteroatoms. The van der Waals surface area contributed by atoms with Crippen LogP contribution in [0.2, 0.25) is 0 Å². The van der Waals surface area contributed by atoms with Gasteiger partial charge in [-0.2, -0.15) is 4.37 Å². The van der Waals surface area contributed by atoms with Crippen LogP contribution in [0.3, 0.4) is 0 Å². The van der Waals surface area contributed by atoms with Gasteiger partial charge in [0, 0.05) is 18.3 Å². The minimum atomic E-state index is -0.603. The van der Waals surface area contributed by atoms with E-state index in [0.717, 1.165) is 17.1 Å². The Kier molecular flexibility index (Phi) is 4.59. The zero-order valence-corrected chi connectivity index (χ0v) is 12.6. The molecule has 2 heterocycles. The molecule has 0 atom stereocenters. The van der Waals surface area contributed by atoms with Crippen LogP contribution in [0.4, 0.5) is 10.8 Å². The number of carbonyl (C=O) groups excluding carboxylic acids is 1. The molecule has 0 unspecified atom stereocenters. The van der Waals surface area contributed by atoms with Gasteiger partial charge in [-0.15, -0.1) is 0 Å². The van der Waals surface area contributed by atoms with Crippen LogP contribution in [0.5, 0.6) is 5.88 Å². The fraction of sp³-hybridized carbons (Fsp3) is 0.308. The number of primary amides is 1. The number of amides is 1. The summed E-state index contributed by atoms with van der Waals surface area (Å²) in [4.78, 5) is 15.6. The first-order valence-corrected chi connectivity index (χ1v) is 7.15. The number of pyridine rings is 1. The largest absolute Gasteiger partial charge is 0.475 e. The SMILES string of the molecule is CC(C)Oc1ncccc1CNc1snc(N)c1C(N)=O. The van der Waals surface area contributed by atoms with Gasteiger partial charge in [0.1, 0.15) is 10.6 Å². The number of nitrogens with two attached hydrogens (primary N) is 2. The van der Waals surface area contributed by atoms with Gasteiger partial charge in [-0.1, -0.05) is 6.07 Å². The maximum Gasteiger partial charge on any atom is 0.255 e. The van der Waals surface area contributed by atoms with Crippen molar-refractivity contribution in [2.45, 2.75) is 26.5 Å². The Morgan fingerprint density at radius 3 is 2.95 bits per heavy atom. The third kappa shape index (κ3) is 3.60. The number of aromatic nitrogens is 2. The van der Waals surface area contributed by atoms with Crippen molar-refractivity contribution in [3.63, 3.8) is 0 Å². The second-order valence-electron chi connectivity index (χ2n) is 4.62. The Labute approximate surface area is 126 Å². The van der Waals surface area contributed by atoms with Crippen LogP contribution in [-0.4, -0.2) is 21.4 Å². The molecule has 112 valence electrons. The first-order chi connectivity index (χ1) is 9.99. The number of ether oxygens (including phenoxy) is 1. The fourth-order valence-corrected chi connectivity index (χ4v) is 2.44. The predicted molar refractivity (Wildman–Crippen MR) is 82.4 cm³/mol. The maximum atomic E-state index is 11.4. The molecule has 0 bridgehead atoms. The van der Waals surface area contributed by atoms with Gasteiger partial charge in [0.15, 0.2) is 5.82 Å². The summed E-state index contributed by atoms with van der Waals surface area (Å²) in [6.45, 7) is 4.29. The van der Waals surface area contributed by atoms with E-state index >= 15 is 0 Å². The molecular weight excluding hydrogens is 290 g/mol. The molecule has 0 fully saturated rings. The van der Waals surface area contributed by atoms with Crippen LogP contribution in [0, 0.1) is 0 Å². The van der Waals surface area contributed by atoms with E-state index < -0.39 is 5.91 Å². The fourth-order valence-electron chi connectivity index (χ4n) is 1.72. The normalized spacial score (nSPS) is 10.6. The number of rotatable bonds is 6. The molecule has 0 spiro atoms. The lowest BCUT2D eigenvalue weighted by atomic mass is 10.2. The van der Waals surface area contributed by atoms with Crippen molar-refractivity contribution in [2.24, 2.45) is 5.73 Å². The zero-order valence-electron chi connectivity index (χ0n) is 11.8. The van der Waals surface area contributed by atoms with Gasteiger partial charge in [0.2, 0.25) is 5.88 Å². The van der Waals surface area contributed by atoms with E-state index in [1.54, 1.807) is 6.20 Å². The van der Waals surface area contributed by atoms with Gasteiger partial charge in [0.25, 0.3) is 5.91 Å². The van der Waals surface area contributed by atoms with E-state index in [9.17, 15) is 4.79 Å². The standard InChI is InChI=1S/C13H17N5O2S/c1-7(2)20-12-8(4-3-5-16-12)6-17-13-9(11(15)19)10(14)18-21-13/h3-5,7,17H,6H2,1-2H3,(H2,14,18)(H2,15,19). The summed E-state index contributed by atoms with van der Waals surface area (Å²) >= 11 is 1.10. The average molecular weight is 307 g/mol. The number of carbonyl (C=O) groups is 1. The second kappa shape index (κ2) is 6.40. The highest BCUT2D eigenvalue weighted by molar-refractivity contribution is 7.11. The lowest BCUT2D eigenvalue weighted by molar-refractivity contribution is 0.100. The Balaban J connectivity index is 2.15. The quantitative estimate of drug-likeness (QED) is 0.746. The van der Waals surface area contributed by atoms with Crippen LogP contribution in [0.1, 0.15) is 29.8 Å². The molecule has 0 radical (unpaired) electrons. The minimum Gasteiger partial charge on any atom is -0.475 e. The van der Waals surface area contributed by atoms with Crippen LogP contribution >= 0.6 is 11.5 Å². The van der Waals surface area contributed by atoms with E-state index in [4.69, 9.17) is 16.2 Å². The van der Waals surface area contributed by atoms with Gasteiger partial charge < -0.3 is 21.5 Å². The molecule has 0 saturated heterocycles. The highest BCUT2D eigenvalue weighted by atomic mass is 32.1. The topological polar surface area (TPSA) is 116 Å². The summed E-state index contributed by atoms with van der Waals surface area (Å²) in [6.07, 6.45) is 1.69. The van der Waals surface area contributed by atoms with Crippen molar-refractivity contribution in [1.29, 1.82) is 0 Å². The Hall–Kier alpha value is -2.35. The predicted octanol–water partition coefficient (Wildman–Crippen LogP) is 1.62. The Morgan fingerprint density at radius 2 is 2.29 bits per heavy atom. The lowest BCUT2D eigenvalue weighted by Crippen LogP contribution is -2.15. The molecule has 2 rings (SSSR count). The van der Waals surface area contributed by atoms with E-state index in [0.29, 0.717) is 17.4 Å². The second-order valence-corrected chi connectivity index (χ2v) is 5.40. The summed E-state index contributed by atoms with van der Waals surface area (Å²) in [5.41, 5.74) is 12.0. The zero-order chi connectivity index (χ0) is 15.4. The molecule has 2 aromatic heterocycles. The number of anilines is 2. The van der Waals surface area contributed by atoms with Crippen molar-refractivity contribution in [1.82, 2.24) is 9.36 Å². The van der Waals surface area contributed by atoms with E-state index in [-0.39, 0.29) is 17.5 Å². The number of hydrogen-bond acceptors (Lipinski definition) is 7. The van der Waals surface area contributed by atoms with Gasteiger partial charge in [-0.05, 0) is 31.4 Å². The van der Waals surface area contributed by atoms with Gasteiger partial charge in [-0.3, -0.25) is 4.79 Å². The molecule has 7 nitrogen and oxygen atoms in total. The van der Waals surface area contributed by atoms with Gasteiger partial charge >= 0.3 is 0 Å². The summed E-state index contributed by atoms with van der Waals surface area (Å²) in [5, 5.41) is 3.64. The minimum absolute atomic E-state index is 0.0267. The van der Waals surface area contributed by atoms with Crippen LogP contribution in [0.15, 0.2) is 18.3 Å². The van der Waals surface area contributed by atoms with Crippen molar-refractivity contribution in [3.05, 3.63) is 29.5 Å². The summed E-state index contributed by atoms with van der Waals surface area (Å²) < 4.78 is 9.57. The van der Waals surface area contributed by atoms with E-state index in [2.05, 4.69) is 14.7 Å². The van der Waals surface area contributed by atoms with Gasteiger partial charge in [-0.25, -0.2) is 4.98 Å². The molecule has 0 aliphatic carbocycles. The molecule has 2 aromatic rings. The van der Waals surface area contributed by atoms with E-state index in [1.807, 2.05) is 26.0 Å². The highest BCUT2D eigenvalue weighted by Crippen LogP contribution is 2.27. The first kappa shape index (κ1) is 15.0. The Morgan fingerprint density at radius 1 is 1.52 bits per heavy atom. The van der Waals surface area contributed by atoms with Crippen LogP contribution in [-0.2, 0) is 6.54 Å². The summed E-state index contributed by atoms with van der Waals surface area (Å²) in [6, 6.07) is 3.71. The average Bonchev–Trinajstić information content (AvgIpc) is 2.78. The van der Waals surface area contributed by atoms with Crippen molar-refractivity contribution in [2.75, 3.05) is 11.1 Å². The third-order valence-electron chi connectivity index (χ3n) is 2.60. The molecule has 5 N–H and O–H groups in total. The lowest BCUT2D eigenvalue weighted by Gasteiger charge is -2.13. The Bertz CT molecular complexity index is 641. The molecule has 0 aliphatic rings. The molecular formula is C13H17N5O2S. The van der Waals surface area contributed by atoms with Crippen LogP contribution in [0.25, 0.3) is 0 Å². The molecule has 21 heavy (non-hydrogen) atoms. The number of hydrogen-bond donors (Lipinski definition) is 3. The number of nitrogens with one attached hydrogen (secondary N) is 1. The number of nitrogens with zero attached hydrogens (tertiary/aromatic N) is 2. The smallest absolute Gasteiger partial charge is 0.255 e. The molecule has 0 aromatic carbocycles. The first-order valence-electron chi connectivity index (χ1n) is 6.38. The summed E-state index contributed by atoms with van der Waals surface area (Å²) in [7, 11) is 0. The number of nitrogen functional groups attached to an aromatic ring is 1. The van der Waals surface area contributed by atoms with Crippen molar-refractivity contribution in [3.8, 4) is 5.88 Å². The summed E-state index contributed by atoms with van der Waals surface area (Å²) in [5.74, 6) is 0.0894.